The monoisotopic (exact) mass is 297 g/mol. The molecule has 1 fully saturated rings. The average Bonchev–Trinajstić information content (AvgIpc) is 3.26. The summed E-state index contributed by atoms with van der Waals surface area (Å²) in [6.07, 6.45) is 3.52. The molecule has 1 unspecified atom stereocenters. The van der Waals surface area contributed by atoms with Gasteiger partial charge in [-0.1, -0.05) is 18.2 Å². The first kappa shape index (κ1) is 12.7. The molecule has 21 heavy (non-hydrogen) atoms. The molecule has 1 aliphatic rings. The molecule has 1 N–H and O–H groups in total. The van der Waals surface area contributed by atoms with Crippen molar-refractivity contribution >= 4 is 20.7 Å². The van der Waals surface area contributed by atoms with Crippen molar-refractivity contribution in [3.05, 3.63) is 54.8 Å². The molecule has 3 nitrogen and oxygen atoms in total. The van der Waals surface area contributed by atoms with Crippen LogP contribution >= 0.6 is 0 Å². The summed E-state index contributed by atoms with van der Waals surface area (Å²) in [5.41, 5.74) is 3.03. The highest BCUT2D eigenvalue weighted by atomic mass is 32.2. The standard InChI is InChI=1S/C17H15NO2S/c18-21(19,16-6-7-16)15-4-1-12(2-5-15)13-3-8-17-14(11-13)9-10-20-17/h1-5,8-11,16,18H,6-7H2. The van der Waals surface area contributed by atoms with E-state index in [1.807, 2.05) is 42.5 Å². The van der Waals surface area contributed by atoms with E-state index in [2.05, 4.69) is 6.07 Å². The minimum Gasteiger partial charge on any atom is -0.464 e. The molecule has 1 saturated carbocycles. The molecule has 0 saturated heterocycles. The molecule has 1 aromatic heterocycles. The van der Waals surface area contributed by atoms with Crippen molar-refractivity contribution in [2.75, 3.05) is 0 Å². The molecule has 1 aliphatic carbocycles. The Morgan fingerprint density at radius 2 is 1.71 bits per heavy atom. The van der Waals surface area contributed by atoms with E-state index in [4.69, 9.17) is 9.20 Å². The van der Waals surface area contributed by atoms with Crippen molar-refractivity contribution < 1.29 is 8.63 Å². The molecule has 1 atom stereocenters. The Bertz CT molecular complexity index is 903. The highest BCUT2D eigenvalue weighted by molar-refractivity contribution is 7.93. The molecule has 3 aromatic rings. The smallest absolute Gasteiger partial charge is 0.133 e. The molecule has 2 aromatic carbocycles. The van der Waals surface area contributed by atoms with E-state index in [0.717, 1.165) is 34.9 Å². The molecule has 0 bridgehead atoms. The lowest BCUT2D eigenvalue weighted by atomic mass is 10.0. The van der Waals surface area contributed by atoms with Crippen LogP contribution in [-0.4, -0.2) is 9.46 Å². The number of rotatable bonds is 3. The van der Waals surface area contributed by atoms with E-state index >= 15 is 0 Å². The molecular weight excluding hydrogens is 282 g/mol. The number of hydrogen-bond donors (Lipinski definition) is 1. The fourth-order valence-corrected chi connectivity index (χ4v) is 4.31. The second-order valence-corrected chi connectivity index (χ2v) is 7.84. The van der Waals surface area contributed by atoms with Crippen molar-refractivity contribution in [3.63, 3.8) is 0 Å². The summed E-state index contributed by atoms with van der Waals surface area (Å²) in [4.78, 5) is 0.651. The lowest BCUT2D eigenvalue weighted by Crippen LogP contribution is -2.04. The predicted octanol–water partition coefficient (Wildman–Crippen LogP) is 4.67. The summed E-state index contributed by atoms with van der Waals surface area (Å²) >= 11 is 0. The Labute approximate surface area is 123 Å². The van der Waals surface area contributed by atoms with Crippen LogP contribution in [0, 0.1) is 4.78 Å². The Hall–Kier alpha value is -2.07. The molecule has 0 radical (unpaired) electrons. The van der Waals surface area contributed by atoms with Crippen LogP contribution in [0.25, 0.3) is 22.1 Å². The van der Waals surface area contributed by atoms with E-state index in [1.54, 1.807) is 6.26 Å². The Kier molecular flexibility index (Phi) is 2.69. The minimum atomic E-state index is -2.61. The maximum absolute atomic E-state index is 12.4. The van der Waals surface area contributed by atoms with Gasteiger partial charge in [0.1, 0.15) is 5.58 Å². The van der Waals surface area contributed by atoms with Crippen LogP contribution in [0.15, 0.2) is 64.1 Å². The van der Waals surface area contributed by atoms with Crippen molar-refractivity contribution in [1.82, 2.24) is 0 Å². The predicted molar refractivity (Wildman–Crippen MR) is 83.8 cm³/mol. The fraction of sp³-hybridized carbons (Fsp3) is 0.176. The molecule has 0 aliphatic heterocycles. The van der Waals surface area contributed by atoms with E-state index in [9.17, 15) is 4.21 Å². The maximum atomic E-state index is 12.4. The molecule has 106 valence electrons. The van der Waals surface area contributed by atoms with Crippen LogP contribution < -0.4 is 0 Å². The number of nitrogens with one attached hydrogen (secondary N) is 1. The van der Waals surface area contributed by atoms with Gasteiger partial charge in [-0.3, -0.25) is 0 Å². The van der Waals surface area contributed by atoms with Gasteiger partial charge in [-0.15, -0.1) is 0 Å². The third kappa shape index (κ3) is 2.16. The summed E-state index contributed by atoms with van der Waals surface area (Å²) in [7, 11) is -2.61. The lowest BCUT2D eigenvalue weighted by Gasteiger charge is -2.07. The van der Waals surface area contributed by atoms with Gasteiger partial charge >= 0.3 is 0 Å². The van der Waals surface area contributed by atoms with Crippen molar-refractivity contribution in [2.45, 2.75) is 23.0 Å². The van der Waals surface area contributed by atoms with E-state index in [1.165, 1.54) is 0 Å². The van der Waals surface area contributed by atoms with Gasteiger partial charge in [-0.25, -0.2) is 8.99 Å². The molecule has 1 heterocycles. The molecular formula is C17H15NO2S. The molecule has 0 spiro atoms. The quantitative estimate of drug-likeness (QED) is 0.764. The van der Waals surface area contributed by atoms with Gasteiger partial charge in [0.2, 0.25) is 0 Å². The van der Waals surface area contributed by atoms with Crippen molar-refractivity contribution in [2.24, 2.45) is 0 Å². The Balaban J connectivity index is 1.72. The minimum absolute atomic E-state index is 0.0608. The lowest BCUT2D eigenvalue weighted by molar-refractivity contribution is 0.616. The largest absolute Gasteiger partial charge is 0.464 e. The highest BCUT2D eigenvalue weighted by Gasteiger charge is 2.33. The first-order valence-electron chi connectivity index (χ1n) is 7.00. The Morgan fingerprint density at radius 3 is 2.43 bits per heavy atom. The van der Waals surface area contributed by atoms with Crippen molar-refractivity contribution in [3.8, 4) is 11.1 Å². The normalized spacial score (nSPS) is 17.7. The van der Waals surface area contributed by atoms with Crippen LogP contribution in [0.5, 0.6) is 0 Å². The molecule has 4 heteroatoms. The zero-order chi connectivity index (χ0) is 14.4. The van der Waals surface area contributed by atoms with Gasteiger partial charge < -0.3 is 4.42 Å². The van der Waals surface area contributed by atoms with E-state index in [-0.39, 0.29) is 5.25 Å². The second kappa shape index (κ2) is 4.46. The first-order valence-corrected chi connectivity index (χ1v) is 8.62. The van der Waals surface area contributed by atoms with Crippen LogP contribution in [-0.2, 0) is 9.73 Å². The van der Waals surface area contributed by atoms with E-state index in [0.29, 0.717) is 4.90 Å². The number of hydrogen-bond acceptors (Lipinski definition) is 3. The van der Waals surface area contributed by atoms with Crippen molar-refractivity contribution in [1.29, 1.82) is 4.78 Å². The number of fused-ring (bicyclic) bond motifs is 1. The third-order valence-electron chi connectivity index (χ3n) is 3.98. The summed E-state index contributed by atoms with van der Waals surface area (Å²) in [6, 6.07) is 15.6. The van der Waals surface area contributed by atoms with Gasteiger partial charge in [0.25, 0.3) is 0 Å². The molecule has 0 amide bonds. The zero-order valence-electron chi connectivity index (χ0n) is 11.4. The van der Waals surface area contributed by atoms with E-state index < -0.39 is 9.73 Å². The first-order chi connectivity index (χ1) is 10.1. The van der Waals surface area contributed by atoms with Gasteiger partial charge in [0.05, 0.1) is 16.0 Å². The third-order valence-corrected chi connectivity index (χ3v) is 6.37. The summed E-state index contributed by atoms with van der Waals surface area (Å²) in [5, 5.41) is 1.13. The zero-order valence-corrected chi connectivity index (χ0v) is 12.2. The van der Waals surface area contributed by atoms with Crippen LogP contribution in [0.2, 0.25) is 0 Å². The fourth-order valence-electron chi connectivity index (χ4n) is 2.59. The van der Waals surface area contributed by atoms with Gasteiger partial charge in [-0.05, 0) is 54.3 Å². The average molecular weight is 297 g/mol. The second-order valence-electron chi connectivity index (χ2n) is 5.50. The summed E-state index contributed by atoms with van der Waals surface area (Å²) in [6.45, 7) is 0. The SMILES string of the molecule is N=S(=O)(c1ccc(-c2ccc3occc3c2)cc1)C1CC1. The summed E-state index contributed by atoms with van der Waals surface area (Å²) < 4.78 is 25.8. The number of benzene rings is 2. The molecule has 4 rings (SSSR count). The van der Waals surface area contributed by atoms with Crippen LogP contribution in [0.4, 0.5) is 0 Å². The summed E-state index contributed by atoms with van der Waals surface area (Å²) in [5.74, 6) is 0. The van der Waals surface area contributed by atoms with Gasteiger partial charge in [0.15, 0.2) is 0 Å². The van der Waals surface area contributed by atoms with Gasteiger partial charge in [0, 0.05) is 15.5 Å². The van der Waals surface area contributed by atoms with Crippen LogP contribution in [0.3, 0.4) is 0 Å². The maximum Gasteiger partial charge on any atom is 0.133 e. The topological polar surface area (TPSA) is 54.1 Å². The Morgan fingerprint density at radius 1 is 1.00 bits per heavy atom. The number of furan rings is 1. The highest BCUT2D eigenvalue weighted by Crippen LogP contribution is 2.35. The van der Waals surface area contributed by atoms with Gasteiger partial charge in [-0.2, -0.15) is 0 Å². The van der Waals surface area contributed by atoms with Crippen LogP contribution in [0.1, 0.15) is 12.8 Å².